The number of likely N-dealkylation sites (N-methyl/N-ethyl adjacent to an activating group) is 1. The first-order valence-electron chi connectivity index (χ1n) is 11.2. The molecule has 3 fully saturated rings. The summed E-state index contributed by atoms with van der Waals surface area (Å²) in [6.45, 7) is 5.91. The summed E-state index contributed by atoms with van der Waals surface area (Å²) in [4.78, 5) is 4.63. The largest absolute Gasteiger partial charge is 0.493 e. The number of benzene rings is 1. The van der Waals surface area contributed by atoms with Crippen LogP contribution in [0.5, 0.6) is 11.5 Å². The molecule has 0 spiro atoms. The van der Waals surface area contributed by atoms with Gasteiger partial charge >= 0.3 is 0 Å². The number of ether oxygens (including phenoxy) is 2. The summed E-state index contributed by atoms with van der Waals surface area (Å²) in [7, 11) is 3.81. The number of rotatable bonds is 11. The van der Waals surface area contributed by atoms with Gasteiger partial charge in [-0.05, 0) is 62.3 Å². The highest BCUT2D eigenvalue weighted by Crippen LogP contribution is 2.44. The van der Waals surface area contributed by atoms with E-state index in [1.165, 1.54) is 31.2 Å². The Labute approximate surface area is 175 Å². The zero-order valence-corrected chi connectivity index (χ0v) is 18.0. The zero-order chi connectivity index (χ0) is 20.2. The van der Waals surface area contributed by atoms with Gasteiger partial charge in [0, 0.05) is 45.3 Å². The lowest BCUT2D eigenvalue weighted by Crippen LogP contribution is -2.47. The van der Waals surface area contributed by atoms with E-state index in [-0.39, 0.29) is 6.61 Å². The molecular weight excluding hydrogens is 366 g/mol. The van der Waals surface area contributed by atoms with Crippen molar-refractivity contribution < 1.29 is 14.6 Å². The highest BCUT2D eigenvalue weighted by atomic mass is 16.5. The van der Waals surface area contributed by atoms with Crippen molar-refractivity contribution in [3.8, 4) is 11.5 Å². The molecule has 1 saturated heterocycles. The van der Waals surface area contributed by atoms with Gasteiger partial charge in [-0.3, -0.25) is 4.90 Å². The number of piperazine rings is 1. The van der Waals surface area contributed by atoms with Gasteiger partial charge in [0.2, 0.25) is 0 Å². The maximum absolute atomic E-state index is 10.4. The van der Waals surface area contributed by atoms with Crippen LogP contribution in [0.3, 0.4) is 0 Å². The van der Waals surface area contributed by atoms with Gasteiger partial charge in [-0.2, -0.15) is 0 Å². The predicted molar refractivity (Wildman–Crippen MR) is 115 cm³/mol. The molecule has 2 saturated carbocycles. The van der Waals surface area contributed by atoms with Crippen molar-refractivity contribution in [3.05, 3.63) is 23.8 Å². The second-order valence-electron chi connectivity index (χ2n) is 9.14. The first-order chi connectivity index (χ1) is 14.1. The Hall–Kier alpha value is -1.34. The molecule has 0 radical (unpaired) electrons. The summed E-state index contributed by atoms with van der Waals surface area (Å²) in [5, 5.41) is 14.2. The number of nitrogens with zero attached hydrogens (tertiary/aromatic N) is 2. The lowest BCUT2D eigenvalue weighted by Gasteiger charge is -2.33. The fourth-order valence-corrected chi connectivity index (χ4v) is 4.38. The topological polar surface area (TPSA) is 57.2 Å². The molecule has 162 valence electrons. The number of methoxy groups -OCH3 is 1. The smallest absolute Gasteiger partial charge is 0.161 e. The van der Waals surface area contributed by atoms with E-state index in [4.69, 9.17) is 9.47 Å². The van der Waals surface area contributed by atoms with Crippen LogP contribution in [-0.4, -0.2) is 80.5 Å². The molecule has 0 unspecified atom stereocenters. The average molecular weight is 404 g/mol. The Morgan fingerprint density at radius 1 is 1.07 bits per heavy atom. The summed E-state index contributed by atoms with van der Waals surface area (Å²) in [5.74, 6) is 3.22. The van der Waals surface area contributed by atoms with E-state index in [1.54, 1.807) is 7.11 Å². The van der Waals surface area contributed by atoms with E-state index in [9.17, 15) is 5.11 Å². The number of hydrogen-bond donors (Lipinski definition) is 2. The van der Waals surface area contributed by atoms with Crippen molar-refractivity contribution in [2.24, 2.45) is 11.8 Å². The molecule has 6 heteroatoms. The van der Waals surface area contributed by atoms with E-state index in [2.05, 4.69) is 34.3 Å². The van der Waals surface area contributed by atoms with Crippen molar-refractivity contribution >= 4 is 0 Å². The van der Waals surface area contributed by atoms with E-state index in [1.807, 2.05) is 6.07 Å². The molecule has 1 aromatic carbocycles. The molecule has 4 rings (SSSR count). The molecule has 1 heterocycles. The maximum Gasteiger partial charge on any atom is 0.161 e. The third kappa shape index (κ3) is 6.07. The van der Waals surface area contributed by atoms with Gasteiger partial charge in [0.15, 0.2) is 11.5 Å². The van der Waals surface area contributed by atoms with Crippen molar-refractivity contribution in [3.63, 3.8) is 0 Å². The molecule has 2 N–H and O–H groups in total. The first kappa shape index (κ1) is 20.9. The lowest BCUT2D eigenvalue weighted by molar-refractivity contribution is 0.0497. The van der Waals surface area contributed by atoms with Crippen LogP contribution in [0, 0.1) is 11.8 Å². The fourth-order valence-electron chi connectivity index (χ4n) is 4.38. The van der Waals surface area contributed by atoms with E-state index < -0.39 is 6.10 Å². The molecule has 1 aromatic rings. The van der Waals surface area contributed by atoms with Gasteiger partial charge in [0.05, 0.1) is 7.11 Å². The van der Waals surface area contributed by atoms with Crippen LogP contribution in [0.1, 0.15) is 31.2 Å². The molecule has 0 bridgehead atoms. The third-order valence-electron chi connectivity index (χ3n) is 6.53. The minimum atomic E-state index is -0.501. The number of aliphatic hydroxyl groups excluding tert-OH is 1. The molecule has 2 aliphatic carbocycles. The molecule has 0 amide bonds. The van der Waals surface area contributed by atoms with Crippen LogP contribution in [0.2, 0.25) is 0 Å². The minimum absolute atomic E-state index is 0.284. The highest BCUT2D eigenvalue weighted by Gasteiger charge is 2.40. The molecular formula is C23H37N3O3. The Kier molecular flexibility index (Phi) is 6.96. The lowest BCUT2D eigenvalue weighted by atomic mass is 10.1. The van der Waals surface area contributed by atoms with Crippen LogP contribution in [0.25, 0.3) is 0 Å². The van der Waals surface area contributed by atoms with Crippen LogP contribution in [-0.2, 0) is 6.54 Å². The second kappa shape index (κ2) is 9.65. The Balaban J connectivity index is 1.28. The fraction of sp³-hybridized carbons (Fsp3) is 0.739. The van der Waals surface area contributed by atoms with Crippen molar-refractivity contribution in [2.45, 2.75) is 44.4 Å². The Morgan fingerprint density at radius 3 is 2.38 bits per heavy atom. The van der Waals surface area contributed by atoms with Crippen LogP contribution in [0.15, 0.2) is 18.2 Å². The SMILES string of the molecule is COc1ccc(CNC(C2CC2)C2CC2)cc1OC[C@H](O)CN1CCN(C)CC1. The normalized spacial score (nSPS) is 22.1. The van der Waals surface area contributed by atoms with Crippen LogP contribution in [0.4, 0.5) is 0 Å². The summed E-state index contributed by atoms with van der Waals surface area (Å²) >= 11 is 0. The maximum atomic E-state index is 10.4. The van der Waals surface area contributed by atoms with Gasteiger partial charge < -0.3 is 24.8 Å². The summed E-state index contributed by atoms with van der Waals surface area (Å²) < 4.78 is 11.5. The zero-order valence-electron chi connectivity index (χ0n) is 18.0. The molecule has 6 nitrogen and oxygen atoms in total. The van der Waals surface area contributed by atoms with E-state index in [0.717, 1.165) is 56.1 Å². The van der Waals surface area contributed by atoms with E-state index >= 15 is 0 Å². The molecule has 1 aliphatic heterocycles. The van der Waals surface area contributed by atoms with Crippen LogP contribution >= 0.6 is 0 Å². The third-order valence-corrected chi connectivity index (χ3v) is 6.53. The highest BCUT2D eigenvalue weighted by molar-refractivity contribution is 5.43. The van der Waals surface area contributed by atoms with Gasteiger partial charge in [0.1, 0.15) is 12.7 Å². The summed E-state index contributed by atoms with van der Waals surface area (Å²) in [6.07, 6.45) is 5.04. The average Bonchev–Trinajstić information content (AvgIpc) is 3.62. The number of aliphatic hydroxyl groups is 1. The molecule has 3 aliphatic rings. The molecule has 29 heavy (non-hydrogen) atoms. The Bertz CT molecular complexity index is 643. The van der Waals surface area contributed by atoms with Crippen LogP contribution < -0.4 is 14.8 Å². The first-order valence-corrected chi connectivity index (χ1v) is 11.2. The van der Waals surface area contributed by atoms with Crippen molar-refractivity contribution in [1.29, 1.82) is 0 Å². The van der Waals surface area contributed by atoms with Crippen molar-refractivity contribution in [2.75, 3.05) is 53.5 Å². The number of β-amino-alcohol motifs (C(OH)–C–C–N with tert-alkyl or cyclic N) is 1. The summed E-state index contributed by atoms with van der Waals surface area (Å²) in [6, 6.07) is 6.83. The standard InChI is InChI=1S/C23H37N3O3/c1-25-9-11-26(12-10-25)15-20(27)16-29-22-13-17(3-8-21(22)28-2)14-24-23(18-4-5-18)19-6-7-19/h3,8,13,18-20,23-24,27H,4-7,9-12,14-16H2,1-2H3/t20-/m1/s1. The summed E-state index contributed by atoms with van der Waals surface area (Å²) in [5.41, 5.74) is 1.21. The number of nitrogens with one attached hydrogen (secondary N) is 1. The predicted octanol–water partition coefficient (Wildman–Crippen LogP) is 1.96. The quantitative estimate of drug-likeness (QED) is 0.589. The van der Waals surface area contributed by atoms with Gasteiger partial charge in [-0.15, -0.1) is 0 Å². The number of hydrogen-bond acceptors (Lipinski definition) is 6. The van der Waals surface area contributed by atoms with E-state index in [0.29, 0.717) is 12.6 Å². The monoisotopic (exact) mass is 403 g/mol. The molecule has 1 atom stereocenters. The minimum Gasteiger partial charge on any atom is -0.493 e. The second-order valence-corrected chi connectivity index (χ2v) is 9.14. The molecule has 0 aromatic heterocycles. The van der Waals surface area contributed by atoms with Gasteiger partial charge in [0.25, 0.3) is 0 Å². The van der Waals surface area contributed by atoms with Crippen molar-refractivity contribution in [1.82, 2.24) is 15.1 Å². The van der Waals surface area contributed by atoms with Gasteiger partial charge in [-0.1, -0.05) is 6.07 Å². The Morgan fingerprint density at radius 2 is 1.76 bits per heavy atom. The van der Waals surface area contributed by atoms with Gasteiger partial charge in [-0.25, -0.2) is 0 Å².